The van der Waals surface area contributed by atoms with Crippen molar-refractivity contribution in [3.63, 3.8) is 0 Å². The number of H-pyrrole nitrogens is 1. The van der Waals surface area contributed by atoms with Gasteiger partial charge in [0.15, 0.2) is 0 Å². The van der Waals surface area contributed by atoms with Gasteiger partial charge < -0.3 is 9.88 Å². The zero-order valence-electron chi connectivity index (χ0n) is 21.1. The first kappa shape index (κ1) is 24.3. The average Bonchev–Trinajstić information content (AvgIpc) is 3.40. The molecule has 5 rings (SSSR count). The third-order valence-electron chi connectivity index (χ3n) is 7.30. The molecule has 1 aromatic heterocycles. The van der Waals surface area contributed by atoms with Crippen molar-refractivity contribution in [1.82, 2.24) is 20.7 Å². The van der Waals surface area contributed by atoms with Crippen LogP contribution in [0, 0.1) is 12.8 Å². The number of aromatic nitrogens is 1. The number of hydrogen-bond acceptors (Lipinski definition) is 3. The zero-order valence-corrected chi connectivity index (χ0v) is 21.1. The number of hydrogen-bond donors (Lipinski definition) is 3. The van der Waals surface area contributed by atoms with Gasteiger partial charge in [0.05, 0.1) is 6.04 Å². The van der Waals surface area contributed by atoms with Crippen molar-refractivity contribution in [3.05, 3.63) is 107 Å². The summed E-state index contributed by atoms with van der Waals surface area (Å²) < 4.78 is 0. The lowest BCUT2D eigenvalue weighted by molar-refractivity contribution is -0.128. The second-order valence-corrected chi connectivity index (χ2v) is 9.55. The molecular formula is C30H30N4O3. The van der Waals surface area contributed by atoms with Crippen LogP contribution in [0.5, 0.6) is 0 Å². The monoisotopic (exact) mass is 494 g/mol. The van der Waals surface area contributed by atoms with Crippen LogP contribution < -0.4 is 10.9 Å². The number of aromatic amines is 1. The summed E-state index contributed by atoms with van der Waals surface area (Å²) in [6, 6.07) is 23.0. The van der Waals surface area contributed by atoms with E-state index in [1.807, 2.05) is 75.4 Å². The molecule has 0 radical (unpaired) electrons. The maximum absolute atomic E-state index is 13.9. The van der Waals surface area contributed by atoms with Gasteiger partial charge in [0.25, 0.3) is 17.7 Å². The Bertz CT molecular complexity index is 1480. The summed E-state index contributed by atoms with van der Waals surface area (Å²) in [6.45, 7) is 5.95. The first-order valence-corrected chi connectivity index (χ1v) is 12.6. The van der Waals surface area contributed by atoms with Crippen LogP contribution in [0.1, 0.15) is 63.8 Å². The topological polar surface area (TPSA) is 94.3 Å². The molecular weight excluding hydrogens is 464 g/mol. The highest BCUT2D eigenvalue weighted by Crippen LogP contribution is 2.44. The summed E-state index contributed by atoms with van der Waals surface area (Å²) in [5.41, 5.74) is 9.91. The summed E-state index contributed by atoms with van der Waals surface area (Å²) in [7, 11) is 0. The number of amides is 3. The largest absolute Gasteiger partial charge is 0.358 e. The molecule has 0 spiro atoms. The van der Waals surface area contributed by atoms with Crippen LogP contribution in [-0.2, 0) is 4.79 Å². The molecule has 3 atom stereocenters. The van der Waals surface area contributed by atoms with E-state index in [4.69, 9.17) is 0 Å². The van der Waals surface area contributed by atoms with Gasteiger partial charge in [0, 0.05) is 33.3 Å². The van der Waals surface area contributed by atoms with E-state index in [2.05, 4.69) is 15.8 Å². The molecule has 7 heteroatoms. The number of nitrogens with zero attached hydrogens (tertiary/aromatic N) is 1. The van der Waals surface area contributed by atoms with Gasteiger partial charge in [-0.3, -0.25) is 25.2 Å². The number of carbonyl (C=O) groups is 3. The van der Waals surface area contributed by atoms with Gasteiger partial charge in [-0.25, -0.2) is 0 Å². The summed E-state index contributed by atoms with van der Waals surface area (Å²) in [5.74, 6) is -1.21. The number of fused-ring (bicyclic) bond motifs is 2. The Kier molecular flexibility index (Phi) is 6.53. The van der Waals surface area contributed by atoms with Crippen LogP contribution in [0.25, 0.3) is 10.9 Å². The summed E-state index contributed by atoms with van der Waals surface area (Å²) in [5, 5.41) is 1.01. The number of benzene rings is 3. The van der Waals surface area contributed by atoms with E-state index in [0.29, 0.717) is 17.5 Å². The first-order valence-electron chi connectivity index (χ1n) is 12.6. The summed E-state index contributed by atoms with van der Waals surface area (Å²) in [4.78, 5) is 45.4. The summed E-state index contributed by atoms with van der Waals surface area (Å²) in [6.07, 6.45) is 0.671. The maximum Gasteiger partial charge on any atom is 0.269 e. The van der Waals surface area contributed by atoms with Gasteiger partial charge in [0.1, 0.15) is 6.04 Å². The van der Waals surface area contributed by atoms with Crippen molar-refractivity contribution in [1.29, 1.82) is 0 Å². The minimum Gasteiger partial charge on any atom is -0.358 e. The van der Waals surface area contributed by atoms with Gasteiger partial charge in [0.2, 0.25) is 0 Å². The Balaban J connectivity index is 1.56. The molecule has 0 fully saturated rings. The van der Waals surface area contributed by atoms with Crippen LogP contribution in [-0.4, -0.2) is 33.6 Å². The highest BCUT2D eigenvalue weighted by Gasteiger charge is 2.46. The number of para-hydroxylation sites is 1. The molecule has 0 saturated carbocycles. The van der Waals surface area contributed by atoms with Crippen LogP contribution in [0.15, 0.2) is 78.9 Å². The van der Waals surface area contributed by atoms with Crippen LogP contribution >= 0.6 is 0 Å². The standard InChI is InChI=1S/C30H30N4O3/c1-4-18(2)26(29(36)33-32-28(35)20-12-6-5-7-13-20)34-27(21-14-8-9-15-22(21)30(34)37)25-19(3)31-24-17-11-10-16-23(24)25/h5-18,26-27,31H,4H2,1-3H3,(H,32,35)(H,33,36). The molecule has 4 aromatic rings. The number of rotatable bonds is 6. The van der Waals surface area contributed by atoms with Gasteiger partial charge in [-0.1, -0.05) is 74.9 Å². The lowest BCUT2D eigenvalue weighted by Crippen LogP contribution is -2.55. The third-order valence-corrected chi connectivity index (χ3v) is 7.30. The fourth-order valence-corrected chi connectivity index (χ4v) is 5.30. The van der Waals surface area contributed by atoms with Crippen molar-refractivity contribution in [2.45, 2.75) is 39.3 Å². The molecule has 3 unspecified atom stereocenters. The Morgan fingerprint density at radius 1 is 0.946 bits per heavy atom. The molecule has 37 heavy (non-hydrogen) atoms. The minimum atomic E-state index is -0.806. The van der Waals surface area contributed by atoms with Gasteiger partial charge in [-0.15, -0.1) is 0 Å². The second kappa shape index (κ2) is 9.93. The normalized spacial score (nSPS) is 16.4. The van der Waals surface area contributed by atoms with Crippen molar-refractivity contribution >= 4 is 28.6 Å². The average molecular weight is 495 g/mol. The highest BCUT2D eigenvalue weighted by molar-refractivity contribution is 6.04. The van der Waals surface area contributed by atoms with Crippen LogP contribution in [0.4, 0.5) is 0 Å². The van der Waals surface area contributed by atoms with E-state index in [-0.39, 0.29) is 11.8 Å². The smallest absolute Gasteiger partial charge is 0.269 e. The van der Waals surface area contributed by atoms with Crippen LogP contribution in [0.3, 0.4) is 0 Å². The Hall–Kier alpha value is -4.39. The molecule has 0 bridgehead atoms. The number of aryl methyl sites for hydroxylation is 1. The fraction of sp³-hybridized carbons (Fsp3) is 0.233. The second-order valence-electron chi connectivity index (χ2n) is 9.55. The molecule has 0 saturated heterocycles. The molecule has 7 nitrogen and oxygen atoms in total. The Morgan fingerprint density at radius 3 is 2.38 bits per heavy atom. The van der Waals surface area contributed by atoms with Gasteiger partial charge >= 0.3 is 0 Å². The zero-order chi connectivity index (χ0) is 26.1. The minimum absolute atomic E-state index is 0.167. The van der Waals surface area contributed by atoms with E-state index >= 15 is 0 Å². The predicted molar refractivity (Wildman–Crippen MR) is 143 cm³/mol. The van der Waals surface area contributed by atoms with E-state index in [1.54, 1.807) is 29.2 Å². The van der Waals surface area contributed by atoms with E-state index in [0.717, 1.165) is 27.7 Å². The van der Waals surface area contributed by atoms with Crippen molar-refractivity contribution in [2.75, 3.05) is 0 Å². The molecule has 188 valence electrons. The van der Waals surface area contributed by atoms with E-state index < -0.39 is 23.9 Å². The lowest BCUT2D eigenvalue weighted by Gasteiger charge is -2.36. The SMILES string of the molecule is CCC(C)C(C(=O)NNC(=O)c1ccccc1)N1C(=O)c2ccccc2C1c1c(C)[nH]c2ccccc12. The van der Waals surface area contributed by atoms with Gasteiger partial charge in [-0.2, -0.15) is 0 Å². The van der Waals surface area contributed by atoms with Gasteiger partial charge in [-0.05, 0) is 42.7 Å². The molecule has 2 heterocycles. The molecule has 1 aliphatic heterocycles. The Labute approximate surface area is 215 Å². The van der Waals surface area contributed by atoms with E-state index in [1.165, 1.54) is 0 Å². The first-order chi connectivity index (χ1) is 17.9. The molecule has 0 aliphatic carbocycles. The Morgan fingerprint density at radius 2 is 1.62 bits per heavy atom. The molecule has 3 N–H and O–H groups in total. The number of hydrazine groups is 1. The molecule has 3 aromatic carbocycles. The number of nitrogens with one attached hydrogen (secondary N) is 3. The van der Waals surface area contributed by atoms with Crippen molar-refractivity contribution in [3.8, 4) is 0 Å². The quantitative estimate of drug-likeness (QED) is 0.333. The van der Waals surface area contributed by atoms with Crippen molar-refractivity contribution in [2.24, 2.45) is 5.92 Å². The van der Waals surface area contributed by atoms with E-state index in [9.17, 15) is 14.4 Å². The third kappa shape index (κ3) is 4.27. The number of carbonyl (C=O) groups excluding carboxylic acids is 3. The lowest BCUT2D eigenvalue weighted by atomic mass is 9.91. The highest BCUT2D eigenvalue weighted by atomic mass is 16.2. The molecule has 1 aliphatic rings. The fourth-order valence-electron chi connectivity index (χ4n) is 5.30. The van der Waals surface area contributed by atoms with Crippen LogP contribution in [0.2, 0.25) is 0 Å². The van der Waals surface area contributed by atoms with Crippen molar-refractivity contribution < 1.29 is 14.4 Å². The summed E-state index contributed by atoms with van der Waals surface area (Å²) >= 11 is 0. The molecule has 3 amide bonds. The maximum atomic E-state index is 13.9. The predicted octanol–water partition coefficient (Wildman–Crippen LogP) is 4.90.